The Labute approximate surface area is 100 Å². The predicted molar refractivity (Wildman–Crippen MR) is 62.6 cm³/mol. The van der Waals surface area contributed by atoms with E-state index in [0.717, 1.165) is 12.8 Å². The van der Waals surface area contributed by atoms with Crippen molar-refractivity contribution in [1.82, 2.24) is 0 Å². The summed E-state index contributed by atoms with van der Waals surface area (Å²) in [6.45, 7) is 0. The lowest BCUT2D eigenvalue weighted by molar-refractivity contribution is -0.136. The first-order valence-electron chi connectivity index (χ1n) is 5.51. The standard InChI is InChI=1S/C12H14O4S/c13-12(14)7-9-3-5-11(6-4-9)17(15,16)8-10-1-2-10/h3-6,10H,1-2,7-8H2,(H,13,14). The maximum atomic E-state index is 11.9. The minimum Gasteiger partial charge on any atom is -0.481 e. The fraction of sp³-hybridized carbons (Fsp3) is 0.417. The summed E-state index contributed by atoms with van der Waals surface area (Å²) in [5.41, 5.74) is 0.614. The molecule has 1 aliphatic carbocycles. The van der Waals surface area contributed by atoms with Crippen LogP contribution in [0.3, 0.4) is 0 Å². The number of rotatable bonds is 5. The molecule has 0 heterocycles. The van der Waals surface area contributed by atoms with Crippen molar-refractivity contribution in [3.8, 4) is 0 Å². The topological polar surface area (TPSA) is 71.4 Å². The Morgan fingerprint density at radius 2 is 1.82 bits per heavy atom. The van der Waals surface area contributed by atoms with Crippen molar-refractivity contribution in [2.24, 2.45) is 5.92 Å². The van der Waals surface area contributed by atoms with Crippen LogP contribution < -0.4 is 0 Å². The fourth-order valence-electron chi connectivity index (χ4n) is 1.68. The minimum absolute atomic E-state index is 0.0804. The van der Waals surface area contributed by atoms with Crippen LogP contribution in [0.4, 0.5) is 0 Å². The zero-order chi connectivity index (χ0) is 12.5. The Balaban J connectivity index is 2.13. The molecule has 0 aromatic heterocycles. The molecule has 0 saturated heterocycles. The lowest BCUT2D eigenvalue weighted by atomic mass is 10.2. The first-order chi connectivity index (χ1) is 7.97. The minimum atomic E-state index is -3.19. The van der Waals surface area contributed by atoms with E-state index in [1.165, 1.54) is 12.1 Å². The number of hydrogen-bond donors (Lipinski definition) is 1. The van der Waals surface area contributed by atoms with Gasteiger partial charge in [0.25, 0.3) is 0 Å². The molecule has 1 fully saturated rings. The van der Waals surface area contributed by atoms with Crippen LogP contribution in [0.2, 0.25) is 0 Å². The first-order valence-corrected chi connectivity index (χ1v) is 7.16. The van der Waals surface area contributed by atoms with E-state index in [1.54, 1.807) is 12.1 Å². The van der Waals surface area contributed by atoms with E-state index in [9.17, 15) is 13.2 Å². The molecule has 4 nitrogen and oxygen atoms in total. The van der Waals surface area contributed by atoms with Gasteiger partial charge in [-0.05, 0) is 36.5 Å². The van der Waals surface area contributed by atoms with Gasteiger partial charge < -0.3 is 5.11 Å². The molecule has 0 radical (unpaired) electrons. The van der Waals surface area contributed by atoms with Crippen LogP contribution in [0.15, 0.2) is 29.2 Å². The van der Waals surface area contributed by atoms with Gasteiger partial charge >= 0.3 is 5.97 Å². The van der Waals surface area contributed by atoms with Crippen molar-refractivity contribution in [1.29, 1.82) is 0 Å². The summed E-state index contributed by atoms with van der Waals surface area (Å²) in [6, 6.07) is 6.12. The number of carboxylic acids is 1. The maximum Gasteiger partial charge on any atom is 0.307 e. The molecule has 92 valence electrons. The molecule has 17 heavy (non-hydrogen) atoms. The SMILES string of the molecule is O=C(O)Cc1ccc(S(=O)(=O)CC2CC2)cc1. The smallest absolute Gasteiger partial charge is 0.307 e. The van der Waals surface area contributed by atoms with Gasteiger partial charge in [-0.2, -0.15) is 0 Å². The van der Waals surface area contributed by atoms with Crippen LogP contribution >= 0.6 is 0 Å². The fourth-order valence-corrected chi connectivity index (χ4v) is 3.38. The predicted octanol–water partition coefficient (Wildman–Crippen LogP) is 1.50. The average Bonchev–Trinajstić information content (AvgIpc) is 3.01. The van der Waals surface area contributed by atoms with E-state index in [4.69, 9.17) is 5.11 Å². The summed E-state index contributed by atoms with van der Waals surface area (Å²) < 4.78 is 23.8. The van der Waals surface area contributed by atoms with Crippen molar-refractivity contribution < 1.29 is 18.3 Å². The summed E-state index contributed by atoms with van der Waals surface area (Å²) >= 11 is 0. The molecular formula is C12H14O4S. The molecule has 2 rings (SSSR count). The van der Waals surface area contributed by atoms with E-state index in [2.05, 4.69) is 0 Å². The maximum absolute atomic E-state index is 11.9. The molecule has 1 saturated carbocycles. The van der Waals surface area contributed by atoms with Crippen LogP contribution in [0.1, 0.15) is 18.4 Å². The van der Waals surface area contributed by atoms with Crippen LogP contribution in [-0.2, 0) is 21.1 Å². The zero-order valence-electron chi connectivity index (χ0n) is 9.30. The molecule has 1 N–H and O–H groups in total. The summed E-state index contributed by atoms with van der Waals surface area (Å²) in [4.78, 5) is 10.8. The van der Waals surface area contributed by atoms with Crippen molar-refractivity contribution in [3.63, 3.8) is 0 Å². The second-order valence-corrected chi connectivity index (χ2v) is 6.47. The summed E-state index contributed by atoms with van der Waals surface area (Å²) in [6.07, 6.45) is 1.91. The Morgan fingerprint density at radius 1 is 1.24 bits per heavy atom. The molecule has 5 heteroatoms. The summed E-state index contributed by atoms with van der Waals surface area (Å²) in [5, 5.41) is 8.61. The van der Waals surface area contributed by atoms with E-state index in [1.807, 2.05) is 0 Å². The molecule has 1 aromatic carbocycles. The molecule has 0 bridgehead atoms. The molecule has 1 aromatic rings. The highest BCUT2D eigenvalue weighted by molar-refractivity contribution is 7.91. The Kier molecular flexibility index (Phi) is 3.19. The molecule has 0 unspecified atom stereocenters. The first kappa shape index (κ1) is 12.1. The lowest BCUT2D eigenvalue weighted by Crippen LogP contribution is -2.08. The molecule has 0 aliphatic heterocycles. The monoisotopic (exact) mass is 254 g/mol. The number of sulfone groups is 1. The number of carbonyl (C=O) groups is 1. The second kappa shape index (κ2) is 4.49. The van der Waals surface area contributed by atoms with E-state index < -0.39 is 15.8 Å². The Morgan fingerprint density at radius 3 is 2.29 bits per heavy atom. The average molecular weight is 254 g/mol. The van der Waals surface area contributed by atoms with Crippen molar-refractivity contribution in [2.45, 2.75) is 24.2 Å². The third-order valence-electron chi connectivity index (χ3n) is 2.79. The molecule has 1 aliphatic rings. The third kappa shape index (κ3) is 3.30. The van der Waals surface area contributed by atoms with Gasteiger partial charge in [-0.1, -0.05) is 12.1 Å². The van der Waals surface area contributed by atoms with Crippen LogP contribution in [0, 0.1) is 5.92 Å². The largest absolute Gasteiger partial charge is 0.481 e. The Hall–Kier alpha value is -1.36. The lowest BCUT2D eigenvalue weighted by Gasteiger charge is -2.04. The zero-order valence-corrected chi connectivity index (χ0v) is 10.1. The van der Waals surface area contributed by atoms with Gasteiger partial charge in [0.15, 0.2) is 9.84 Å². The van der Waals surface area contributed by atoms with Gasteiger partial charge in [0.1, 0.15) is 0 Å². The summed E-state index contributed by atoms with van der Waals surface area (Å²) in [7, 11) is -3.19. The number of benzene rings is 1. The normalized spacial score (nSPS) is 15.8. The van der Waals surface area contributed by atoms with Gasteiger partial charge in [0.05, 0.1) is 17.1 Å². The molecule has 0 spiro atoms. The van der Waals surface area contributed by atoms with Gasteiger partial charge in [-0.15, -0.1) is 0 Å². The number of aliphatic carboxylic acids is 1. The van der Waals surface area contributed by atoms with E-state index >= 15 is 0 Å². The molecular weight excluding hydrogens is 240 g/mol. The van der Waals surface area contributed by atoms with Crippen LogP contribution in [-0.4, -0.2) is 25.2 Å². The summed E-state index contributed by atoms with van der Waals surface area (Å²) in [5.74, 6) is -0.386. The highest BCUT2D eigenvalue weighted by atomic mass is 32.2. The van der Waals surface area contributed by atoms with Gasteiger partial charge in [-0.3, -0.25) is 4.79 Å². The van der Waals surface area contributed by atoms with E-state index in [-0.39, 0.29) is 12.2 Å². The molecule has 0 atom stereocenters. The van der Waals surface area contributed by atoms with Crippen molar-refractivity contribution in [2.75, 3.05) is 5.75 Å². The molecule has 0 amide bonds. The highest BCUT2D eigenvalue weighted by Crippen LogP contribution is 2.32. The highest BCUT2D eigenvalue weighted by Gasteiger charge is 2.28. The van der Waals surface area contributed by atoms with Crippen LogP contribution in [0.25, 0.3) is 0 Å². The number of carboxylic acid groups (broad SMARTS) is 1. The van der Waals surface area contributed by atoms with Gasteiger partial charge in [-0.25, -0.2) is 8.42 Å². The second-order valence-electron chi connectivity index (χ2n) is 4.44. The number of hydrogen-bond acceptors (Lipinski definition) is 3. The quantitative estimate of drug-likeness (QED) is 0.864. The van der Waals surface area contributed by atoms with Gasteiger partial charge in [0.2, 0.25) is 0 Å². The third-order valence-corrected chi connectivity index (χ3v) is 4.69. The van der Waals surface area contributed by atoms with E-state index in [0.29, 0.717) is 16.4 Å². The van der Waals surface area contributed by atoms with Crippen molar-refractivity contribution in [3.05, 3.63) is 29.8 Å². The van der Waals surface area contributed by atoms with Crippen LogP contribution in [0.5, 0.6) is 0 Å². The Bertz CT molecular complexity index is 512. The van der Waals surface area contributed by atoms with Crippen molar-refractivity contribution >= 4 is 15.8 Å². The van der Waals surface area contributed by atoms with Gasteiger partial charge in [0, 0.05) is 0 Å².